The Kier molecular flexibility index (Phi) is 9.99. The van der Waals surface area contributed by atoms with Crippen LogP contribution in [0.3, 0.4) is 0 Å². The standard InChI is InChI=1S/C29H38N4O4S2/c1-22-8-7-9-23(18-22)21-39(34,35)29-30-19-26(33(29)25-10-5-4-6-11-25)20-32(16-17-36-2)28(38)31-24-12-14-27(37-3)15-13-24/h7-9,12-15,18-19,25H,4-6,10-11,16-17,20-21H2,1-3H3,(H,31,38). The molecule has 39 heavy (non-hydrogen) atoms. The normalized spacial score (nSPS) is 14.2. The molecule has 0 bridgehead atoms. The number of aryl methyl sites for hydroxylation is 1. The van der Waals surface area contributed by atoms with Crippen LogP contribution in [0.25, 0.3) is 0 Å². The van der Waals surface area contributed by atoms with Crippen molar-refractivity contribution in [2.75, 3.05) is 32.7 Å². The van der Waals surface area contributed by atoms with Gasteiger partial charge >= 0.3 is 0 Å². The van der Waals surface area contributed by atoms with Crippen molar-refractivity contribution < 1.29 is 17.9 Å². The first-order chi connectivity index (χ1) is 18.8. The molecule has 0 atom stereocenters. The summed E-state index contributed by atoms with van der Waals surface area (Å²) in [5, 5.41) is 3.97. The minimum atomic E-state index is -3.67. The molecule has 0 amide bonds. The summed E-state index contributed by atoms with van der Waals surface area (Å²) in [4.78, 5) is 6.51. The molecule has 0 radical (unpaired) electrons. The number of imidazole rings is 1. The third-order valence-electron chi connectivity index (χ3n) is 7.04. The SMILES string of the molecule is COCCN(Cc1cnc(S(=O)(=O)Cc2cccc(C)c2)n1C1CCCCC1)C(=S)Nc1ccc(OC)cc1. The molecule has 0 aliphatic heterocycles. The van der Waals surface area contributed by atoms with Gasteiger partial charge in [-0.2, -0.15) is 0 Å². The van der Waals surface area contributed by atoms with Gasteiger partial charge in [-0.1, -0.05) is 49.1 Å². The number of thiocarbonyl (C=S) groups is 1. The monoisotopic (exact) mass is 570 g/mol. The van der Waals surface area contributed by atoms with Crippen molar-refractivity contribution in [2.24, 2.45) is 0 Å². The van der Waals surface area contributed by atoms with Crippen molar-refractivity contribution >= 4 is 32.9 Å². The Balaban J connectivity index is 1.63. The fourth-order valence-electron chi connectivity index (χ4n) is 5.07. The highest BCUT2D eigenvalue weighted by atomic mass is 32.2. The Labute approximate surface area is 237 Å². The summed E-state index contributed by atoms with van der Waals surface area (Å²) in [6, 6.07) is 15.3. The van der Waals surface area contributed by atoms with Crippen molar-refractivity contribution in [1.82, 2.24) is 14.5 Å². The van der Waals surface area contributed by atoms with Crippen LogP contribution in [0.2, 0.25) is 0 Å². The van der Waals surface area contributed by atoms with Gasteiger partial charge in [-0.25, -0.2) is 13.4 Å². The van der Waals surface area contributed by atoms with Crippen LogP contribution in [0, 0.1) is 6.92 Å². The van der Waals surface area contributed by atoms with Gasteiger partial charge in [0.2, 0.25) is 15.0 Å². The number of ether oxygens (including phenoxy) is 2. The molecule has 1 fully saturated rings. The average molecular weight is 571 g/mol. The molecule has 1 heterocycles. The number of hydrogen-bond acceptors (Lipinski definition) is 6. The zero-order valence-electron chi connectivity index (χ0n) is 22.9. The summed E-state index contributed by atoms with van der Waals surface area (Å²) < 4.78 is 40.0. The van der Waals surface area contributed by atoms with Crippen LogP contribution in [-0.4, -0.2) is 55.4 Å². The quantitative estimate of drug-likeness (QED) is 0.302. The number of anilines is 1. The second-order valence-corrected chi connectivity index (χ2v) is 12.3. The van der Waals surface area contributed by atoms with E-state index >= 15 is 0 Å². The molecule has 0 unspecified atom stereocenters. The molecule has 2 aromatic carbocycles. The number of methoxy groups -OCH3 is 2. The Morgan fingerprint density at radius 2 is 1.87 bits per heavy atom. The largest absolute Gasteiger partial charge is 0.497 e. The Hall–Kier alpha value is -2.95. The maximum atomic E-state index is 13.7. The van der Waals surface area contributed by atoms with E-state index in [0.717, 1.165) is 53.9 Å². The average Bonchev–Trinajstić information content (AvgIpc) is 3.36. The zero-order valence-corrected chi connectivity index (χ0v) is 24.6. The van der Waals surface area contributed by atoms with Crippen LogP contribution in [0.1, 0.15) is 55.0 Å². The van der Waals surface area contributed by atoms with Gasteiger partial charge in [-0.15, -0.1) is 0 Å². The summed E-state index contributed by atoms with van der Waals surface area (Å²) in [5.41, 5.74) is 3.47. The molecule has 210 valence electrons. The van der Waals surface area contributed by atoms with Crippen LogP contribution < -0.4 is 10.1 Å². The molecule has 0 saturated heterocycles. The molecule has 10 heteroatoms. The summed E-state index contributed by atoms with van der Waals surface area (Å²) >= 11 is 5.79. The van der Waals surface area contributed by atoms with Gasteiger partial charge in [0, 0.05) is 25.4 Å². The van der Waals surface area contributed by atoms with Gasteiger partial charge in [-0.3, -0.25) is 0 Å². The first-order valence-corrected chi connectivity index (χ1v) is 15.4. The summed E-state index contributed by atoms with van der Waals surface area (Å²) in [7, 11) is -0.387. The van der Waals surface area contributed by atoms with Gasteiger partial charge in [0.05, 0.1) is 37.9 Å². The molecule has 1 aliphatic carbocycles. The lowest BCUT2D eigenvalue weighted by atomic mass is 9.95. The van der Waals surface area contributed by atoms with Crippen molar-refractivity contribution in [3.8, 4) is 5.75 Å². The summed E-state index contributed by atoms with van der Waals surface area (Å²) in [6.45, 7) is 3.39. The molecule has 3 aromatic rings. The van der Waals surface area contributed by atoms with Crippen LogP contribution in [0.15, 0.2) is 59.9 Å². The van der Waals surface area contributed by atoms with E-state index in [1.807, 2.05) is 64.9 Å². The van der Waals surface area contributed by atoms with Gasteiger partial charge in [0.15, 0.2) is 5.11 Å². The molecular weight excluding hydrogens is 532 g/mol. The van der Waals surface area contributed by atoms with Gasteiger partial charge in [0.25, 0.3) is 0 Å². The van der Waals surface area contributed by atoms with Gasteiger partial charge in [-0.05, 0) is 61.8 Å². The first kappa shape index (κ1) is 29.0. The Morgan fingerprint density at radius 3 is 2.54 bits per heavy atom. The van der Waals surface area contributed by atoms with E-state index in [0.29, 0.717) is 24.8 Å². The zero-order chi connectivity index (χ0) is 27.8. The minimum Gasteiger partial charge on any atom is -0.497 e. The van der Waals surface area contributed by atoms with Crippen molar-refractivity contribution in [3.63, 3.8) is 0 Å². The van der Waals surface area contributed by atoms with Crippen molar-refractivity contribution in [3.05, 3.63) is 71.5 Å². The van der Waals surface area contributed by atoms with E-state index in [-0.39, 0.29) is 17.0 Å². The molecule has 1 aromatic heterocycles. The third kappa shape index (κ3) is 7.58. The third-order valence-corrected chi connectivity index (χ3v) is 8.98. The van der Waals surface area contributed by atoms with Gasteiger partial charge in [0.1, 0.15) is 5.75 Å². The maximum absolute atomic E-state index is 13.7. The number of rotatable bonds is 11. The predicted octanol–water partition coefficient (Wildman–Crippen LogP) is 5.52. The lowest BCUT2D eigenvalue weighted by molar-refractivity contribution is 0.173. The molecule has 8 nitrogen and oxygen atoms in total. The van der Waals surface area contributed by atoms with Crippen LogP contribution in [0.5, 0.6) is 5.75 Å². The van der Waals surface area contributed by atoms with Crippen LogP contribution in [-0.2, 0) is 26.9 Å². The Morgan fingerprint density at radius 1 is 1.13 bits per heavy atom. The maximum Gasteiger partial charge on any atom is 0.228 e. The number of hydrogen-bond donors (Lipinski definition) is 1. The lowest BCUT2D eigenvalue weighted by Gasteiger charge is -2.30. The number of benzene rings is 2. The minimum absolute atomic E-state index is 0.0807. The van der Waals surface area contributed by atoms with Crippen molar-refractivity contribution in [1.29, 1.82) is 0 Å². The second kappa shape index (κ2) is 13.4. The number of sulfone groups is 1. The molecule has 1 aliphatic rings. The first-order valence-electron chi connectivity index (χ1n) is 13.3. The van der Waals surface area contributed by atoms with Crippen LogP contribution >= 0.6 is 12.2 Å². The fraction of sp³-hybridized carbons (Fsp3) is 0.448. The highest BCUT2D eigenvalue weighted by molar-refractivity contribution is 7.90. The van der Waals surface area contributed by atoms with Crippen LogP contribution in [0.4, 0.5) is 5.69 Å². The van der Waals surface area contributed by atoms with Crippen molar-refractivity contribution in [2.45, 2.75) is 62.5 Å². The number of nitrogens with one attached hydrogen (secondary N) is 1. The number of aromatic nitrogens is 2. The van der Waals surface area contributed by atoms with E-state index in [4.69, 9.17) is 21.7 Å². The highest BCUT2D eigenvalue weighted by Gasteiger charge is 2.30. The molecule has 0 spiro atoms. The summed E-state index contributed by atoms with van der Waals surface area (Å²) in [5.74, 6) is 0.682. The van der Waals surface area contributed by atoms with Gasteiger partial charge < -0.3 is 24.3 Å². The second-order valence-electron chi connectivity index (χ2n) is 10.0. The molecule has 1 saturated carbocycles. The topological polar surface area (TPSA) is 85.7 Å². The van der Waals surface area contributed by atoms with E-state index < -0.39 is 9.84 Å². The molecule has 4 rings (SSSR count). The Bertz CT molecular complexity index is 1350. The van der Waals surface area contributed by atoms with E-state index in [1.165, 1.54) is 6.42 Å². The fourth-order valence-corrected chi connectivity index (χ4v) is 6.87. The molecular formula is C29H38N4O4S2. The smallest absolute Gasteiger partial charge is 0.228 e. The van der Waals surface area contributed by atoms with E-state index in [2.05, 4.69) is 10.3 Å². The predicted molar refractivity (Wildman–Crippen MR) is 158 cm³/mol. The highest BCUT2D eigenvalue weighted by Crippen LogP contribution is 2.33. The molecule has 1 N–H and O–H groups in total. The van der Waals surface area contributed by atoms with E-state index in [9.17, 15) is 8.42 Å². The summed E-state index contributed by atoms with van der Waals surface area (Å²) in [6.07, 6.45) is 6.89. The lowest BCUT2D eigenvalue weighted by Crippen LogP contribution is -2.37. The van der Waals surface area contributed by atoms with E-state index in [1.54, 1.807) is 20.4 Å². The number of nitrogens with zero attached hydrogens (tertiary/aromatic N) is 3.